The van der Waals surface area contributed by atoms with E-state index in [1.807, 2.05) is 54.6 Å². The van der Waals surface area contributed by atoms with Crippen molar-refractivity contribution in [2.45, 2.75) is 24.4 Å². The molecule has 0 saturated carbocycles. The average Bonchev–Trinajstić information content (AvgIpc) is 3.46. The van der Waals surface area contributed by atoms with Gasteiger partial charge in [-0.25, -0.2) is 4.79 Å². The molecule has 0 unspecified atom stereocenters. The fourth-order valence-corrected chi connectivity index (χ4v) is 5.57. The minimum atomic E-state index is -0.646. The van der Waals surface area contributed by atoms with E-state index in [1.54, 1.807) is 17.2 Å². The highest BCUT2D eigenvalue weighted by Gasteiger charge is 2.44. The standard InChI is InChI=1S/C23H19NO4S/c1-14(25)24-19(13-29-22(24)20-11-6-12-27-20)23(26)28-21-17-9-4-2-7-15(17)16-8-3-5-10-18(16)21/h2-12,19,21-22H,13H2,1H3/t19-,22-/m1/s1. The fraction of sp³-hybridized carbons (Fsp3) is 0.217. The van der Waals surface area contributed by atoms with E-state index in [0.29, 0.717) is 11.5 Å². The zero-order chi connectivity index (χ0) is 20.0. The maximum atomic E-state index is 13.2. The number of esters is 1. The van der Waals surface area contributed by atoms with E-state index in [9.17, 15) is 9.59 Å². The molecule has 1 fully saturated rings. The summed E-state index contributed by atoms with van der Waals surface area (Å²) < 4.78 is 11.5. The van der Waals surface area contributed by atoms with Crippen LogP contribution in [-0.4, -0.2) is 28.6 Å². The van der Waals surface area contributed by atoms with Crippen LogP contribution in [0, 0.1) is 0 Å². The third-order valence-corrected chi connectivity index (χ3v) is 6.72. The number of furan rings is 1. The lowest BCUT2D eigenvalue weighted by Gasteiger charge is -2.27. The number of amides is 1. The Hall–Kier alpha value is -2.99. The summed E-state index contributed by atoms with van der Waals surface area (Å²) in [6.45, 7) is 1.47. The van der Waals surface area contributed by atoms with Crippen molar-refractivity contribution in [2.75, 3.05) is 5.75 Å². The van der Waals surface area contributed by atoms with E-state index in [0.717, 1.165) is 22.3 Å². The van der Waals surface area contributed by atoms with Gasteiger partial charge in [0.15, 0.2) is 6.10 Å². The van der Waals surface area contributed by atoms with Crippen LogP contribution in [0.4, 0.5) is 0 Å². The third-order valence-electron chi connectivity index (χ3n) is 5.43. The molecule has 146 valence electrons. The highest BCUT2D eigenvalue weighted by Crippen LogP contribution is 2.47. The zero-order valence-corrected chi connectivity index (χ0v) is 16.6. The summed E-state index contributed by atoms with van der Waals surface area (Å²) in [5.41, 5.74) is 4.12. The van der Waals surface area contributed by atoms with Gasteiger partial charge in [-0.3, -0.25) is 4.79 Å². The Labute approximate surface area is 172 Å². The lowest BCUT2D eigenvalue weighted by molar-refractivity contribution is -0.156. The van der Waals surface area contributed by atoms with Gasteiger partial charge in [-0.05, 0) is 23.3 Å². The highest BCUT2D eigenvalue weighted by atomic mass is 32.2. The Morgan fingerprint density at radius 2 is 1.66 bits per heavy atom. The summed E-state index contributed by atoms with van der Waals surface area (Å²) in [6, 6.07) is 18.9. The number of carbonyl (C=O) groups excluding carboxylic acids is 2. The van der Waals surface area contributed by atoms with Crippen molar-refractivity contribution in [3.63, 3.8) is 0 Å². The fourth-order valence-electron chi connectivity index (χ4n) is 4.15. The number of thioether (sulfide) groups is 1. The molecule has 1 aliphatic heterocycles. The number of fused-ring (bicyclic) bond motifs is 3. The summed E-state index contributed by atoms with van der Waals surface area (Å²) >= 11 is 1.51. The minimum absolute atomic E-state index is 0.175. The molecular weight excluding hydrogens is 386 g/mol. The van der Waals surface area contributed by atoms with E-state index in [1.165, 1.54) is 18.7 Å². The number of nitrogens with zero attached hydrogens (tertiary/aromatic N) is 1. The Morgan fingerprint density at radius 3 is 2.24 bits per heavy atom. The Kier molecular flexibility index (Phi) is 4.43. The summed E-state index contributed by atoms with van der Waals surface area (Å²) in [5, 5.41) is -0.316. The summed E-state index contributed by atoms with van der Waals surface area (Å²) in [5.74, 6) is 0.570. The van der Waals surface area contributed by atoms with Gasteiger partial charge in [0.1, 0.15) is 17.2 Å². The van der Waals surface area contributed by atoms with Crippen LogP contribution in [0.2, 0.25) is 0 Å². The van der Waals surface area contributed by atoms with E-state index in [4.69, 9.17) is 9.15 Å². The second-order valence-electron chi connectivity index (χ2n) is 7.13. The molecule has 3 aromatic rings. The van der Waals surface area contributed by atoms with Crippen molar-refractivity contribution in [3.8, 4) is 11.1 Å². The van der Waals surface area contributed by atoms with Crippen LogP contribution in [0.1, 0.15) is 35.3 Å². The molecule has 2 heterocycles. The van der Waals surface area contributed by atoms with E-state index in [-0.39, 0.29) is 11.3 Å². The van der Waals surface area contributed by atoms with Crippen LogP contribution >= 0.6 is 11.8 Å². The second kappa shape index (κ2) is 7.12. The molecule has 1 aromatic heterocycles. The van der Waals surface area contributed by atoms with Gasteiger partial charge >= 0.3 is 5.97 Å². The third kappa shape index (κ3) is 2.95. The van der Waals surface area contributed by atoms with Gasteiger partial charge in [0.2, 0.25) is 5.91 Å². The molecule has 1 aliphatic carbocycles. The number of ether oxygens (including phenoxy) is 1. The molecule has 0 bridgehead atoms. The molecule has 5 rings (SSSR count). The monoisotopic (exact) mass is 405 g/mol. The Bertz CT molecular complexity index is 1030. The molecular formula is C23H19NO4S. The molecule has 0 spiro atoms. The first kappa shape index (κ1) is 18.1. The van der Waals surface area contributed by atoms with Gasteiger partial charge in [-0.1, -0.05) is 48.5 Å². The van der Waals surface area contributed by atoms with Crippen LogP contribution in [-0.2, 0) is 14.3 Å². The lowest BCUT2D eigenvalue weighted by Crippen LogP contribution is -2.43. The maximum Gasteiger partial charge on any atom is 0.330 e. The first-order valence-electron chi connectivity index (χ1n) is 9.48. The molecule has 0 N–H and O–H groups in total. The molecule has 1 saturated heterocycles. The topological polar surface area (TPSA) is 59.8 Å². The zero-order valence-electron chi connectivity index (χ0n) is 15.8. The summed E-state index contributed by atoms with van der Waals surface area (Å²) in [7, 11) is 0. The normalized spacial score (nSPS) is 20.4. The van der Waals surface area contributed by atoms with Crippen LogP contribution < -0.4 is 0 Å². The number of rotatable bonds is 3. The van der Waals surface area contributed by atoms with Gasteiger partial charge in [-0.15, -0.1) is 11.8 Å². The minimum Gasteiger partial charge on any atom is -0.466 e. The predicted molar refractivity (Wildman–Crippen MR) is 110 cm³/mol. The lowest BCUT2D eigenvalue weighted by atomic mass is 10.1. The molecule has 1 amide bonds. The van der Waals surface area contributed by atoms with E-state index >= 15 is 0 Å². The van der Waals surface area contributed by atoms with Crippen molar-refractivity contribution < 1.29 is 18.7 Å². The molecule has 0 radical (unpaired) electrons. The van der Waals surface area contributed by atoms with Crippen LogP contribution in [0.3, 0.4) is 0 Å². The number of benzene rings is 2. The SMILES string of the molecule is CC(=O)N1[C@@H](C(=O)OC2c3ccccc3-c3ccccc32)CS[C@@H]1c1ccco1. The van der Waals surface area contributed by atoms with Crippen molar-refractivity contribution in [1.29, 1.82) is 0 Å². The quantitative estimate of drug-likeness (QED) is 0.598. The molecule has 2 atom stereocenters. The number of hydrogen-bond donors (Lipinski definition) is 0. The van der Waals surface area contributed by atoms with Crippen LogP contribution in [0.5, 0.6) is 0 Å². The van der Waals surface area contributed by atoms with Gasteiger partial charge in [-0.2, -0.15) is 0 Å². The molecule has 2 aromatic carbocycles. The molecule has 2 aliphatic rings. The van der Waals surface area contributed by atoms with Crippen molar-refractivity contribution in [1.82, 2.24) is 4.90 Å². The van der Waals surface area contributed by atoms with Crippen LogP contribution in [0.15, 0.2) is 71.3 Å². The van der Waals surface area contributed by atoms with Gasteiger partial charge in [0.05, 0.1) is 6.26 Å². The Balaban J connectivity index is 1.44. The Morgan fingerprint density at radius 1 is 1.00 bits per heavy atom. The summed E-state index contributed by atoms with van der Waals surface area (Å²) in [4.78, 5) is 27.1. The molecule has 6 heteroatoms. The largest absolute Gasteiger partial charge is 0.466 e. The molecule has 5 nitrogen and oxygen atoms in total. The predicted octanol–water partition coefficient (Wildman–Crippen LogP) is 4.56. The number of carbonyl (C=O) groups is 2. The second-order valence-corrected chi connectivity index (χ2v) is 8.25. The van der Waals surface area contributed by atoms with E-state index < -0.39 is 18.1 Å². The highest BCUT2D eigenvalue weighted by molar-refractivity contribution is 7.99. The smallest absolute Gasteiger partial charge is 0.330 e. The van der Waals surface area contributed by atoms with Crippen molar-refractivity contribution in [2.24, 2.45) is 0 Å². The maximum absolute atomic E-state index is 13.2. The van der Waals surface area contributed by atoms with Crippen molar-refractivity contribution >= 4 is 23.6 Å². The van der Waals surface area contributed by atoms with Gasteiger partial charge < -0.3 is 14.1 Å². The van der Waals surface area contributed by atoms with E-state index in [2.05, 4.69) is 0 Å². The van der Waals surface area contributed by atoms with Gasteiger partial charge in [0, 0.05) is 23.8 Å². The van der Waals surface area contributed by atoms with Gasteiger partial charge in [0.25, 0.3) is 0 Å². The molecule has 29 heavy (non-hydrogen) atoms. The van der Waals surface area contributed by atoms with Crippen LogP contribution in [0.25, 0.3) is 11.1 Å². The first-order chi connectivity index (χ1) is 14.1. The van der Waals surface area contributed by atoms with Crippen molar-refractivity contribution in [3.05, 3.63) is 83.8 Å². The average molecular weight is 405 g/mol. The number of hydrogen-bond acceptors (Lipinski definition) is 5. The first-order valence-corrected chi connectivity index (χ1v) is 10.5. The summed E-state index contributed by atoms with van der Waals surface area (Å²) in [6.07, 6.45) is 1.11.